The standard InChI is InChI=1S/C16H21NO4S/c1-16(2,3)14-17(12(10-22-14)13(18)19)15(20)21-9-11-7-5-4-6-8-11/h4-8,12,14H,9-10H2,1-3H3,(H,18,19)/t12-,14+/m0/s1. The van der Waals surface area contributed by atoms with Crippen molar-refractivity contribution < 1.29 is 19.4 Å². The molecule has 0 bridgehead atoms. The van der Waals surface area contributed by atoms with Crippen LogP contribution in [-0.2, 0) is 16.1 Å². The summed E-state index contributed by atoms with van der Waals surface area (Å²) in [5.74, 6) is -0.603. The normalized spacial score (nSPS) is 21.7. The number of nitrogens with zero attached hydrogens (tertiary/aromatic N) is 1. The lowest BCUT2D eigenvalue weighted by Gasteiger charge is -2.34. The van der Waals surface area contributed by atoms with Crippen LogP contribution in [0.25, 0.3) is 0 Å². The molecule has 1 aromatic rings. The number of aliphatic carboxylic acids is 1. The third-order valence-electron chi connectivity index (χ3n) is 3.44. The Morgan fingerprint density at radius 1 is 1.32 bits per heavy atom. The number of rotatable bonds is 3. The largest absolute Gasteiger partial charge is 0.480 e. The Balaban J connectivity index is 2.10. The highest BCUT2D eigenvalue weighted by Gasteiger charge is 2.47. The summed E-state index contributed by atoms with van der Waals surface area (Å²) in [7, 11) is 0. The van der Waals surface area contributed by atoms with Crippen LogP contribution >= 0.6 is 11.8 Å². The van der Waals surface area contributed by atoms with Crippen LogP contribution in [0.1, 0.15) is 26.3 Å². The minimum atomic E-state index is -0.990. The van der Waals surface area contributed by atoms with Crippen molar-refractivity contribution in [3.63, 3.8) is 0 Å². The molecule has 0 aliphatic carbocycles. The second-order valence-electron chi connectivity index (χ2n) is 6.35. The number of ether oxygens (including phenoxy) is 1. The molecule has 0 unspecified atom stereocenters. The molecule has 1 aliphatic rings. The number of benzene rings is 1. The van der Waals surface area contributed by atoms with Crippen LogP contribution in [0.2, 0.25) is 0 Å². The molecular formula is C16H21NO4S. The molecule has 1 saturated heterocycles. The minimum absolute atomic E-state index is 0.143. The van der Waals surface area contributed by atoms with Crippen molar-refractivity contribution in [3.05, 3.63) is 35.9 Å². The average Bonchev–Trinajstić information content (AvgIpc) is 2.91. The van der Waals surface area contributed by atoms with E-state index in [1.54, 1.807) is 0 Å². The number of carboxylic acids is 1. The predicted molar refractivity (Wildman–Crippen MR) is 85.6 cm³/mol. The van der Waals surface area contributed by atoms with Crippen LogP contribution in [0.3, 0.4) is 0 Å². The Kier molecular flexibility index (Phi) is 5.01. The first-order valence-electron chi connectivity index (χ1n) is 7.14. The van der Waals surface area contributed by atoms with E-state index in [4.69, 9.17) is 4.74 Å². The molecule has 0 saturated carbocycles. The lowest BCUT2D eigenvalue weighted by molar-refractivity contribution is -0.142. The molecule has 2 atom stereocenters. The fourth-order valence-corrected chi connectivity index (χ4v) is 3.94. The van der Waals surface area contributed by atoms with Gasteiger partial charge in [-0.15, -0.1) is 11.8 Å². The van der Waals surface area contributed by atoms with Gasteiger partial charge in [0.1, 0.15) is 12.6 Å². The van der Waals surface area contributed by atoms with Crippen molar-refractivity contribution >= 4 is 23.8 Å². The molecule has 1 N–H and O–H groups in total. The van der Waals surface area contributed by atoms with Gasteiger partial charge in [-0.1, -0.05) is 51.1 Å². The number of hydrogen-bond donors (Lipinski definition) is 1. The van der Waals surface area contributed by atoms with Crippen molar-refractivity contribution in [2.45, 2.75) is 38.8 Å². The molecule has 0 spiro atoms. The SMILES string of the molecule is CC(C)(C)[C@H]1SC[C@@H](C(=O)O)N1C(=O)OCc1ccccc1. The van der Waals surface area contributed by atoms with Crippen LogP contribution < -0.4 is 0 Å². The van der Waals surface area contributed by atoms with Crippen molar-refractivity contribution in [1.82, 2.24) is 4.90 Å². The van der Waals surface area contributed by atoms with Crippen LogP contribution in [0.15, 0.2) is 30.3 Å². The predicted octanol–water partition coefficient (Wildman–Crippen LogP) is 3.20. The van der Waals surface area contributed by atoms with Gasteiger partial charge in [-0.2, -0.15) is 0 Å². The lowest BCUT2D eigenvalue weighted by Crippen LogP contribution is -2.49. The minimum Gasteiger partial charge on any atom is -0.480 e. The summed E-state index contributed by atoms with van der Waals surface area (Å²) >= 11 is 1.49. The van der Waals surface area contributed by atoms with Gasteiger partial charge in [0.05, 0.1) is 5.37 Å². The molecule has 1 amide bonds. The van der Waals surface area contributed by atoms with Gasteiger partial charge in [-0.05, 0) is 11.0 Å². The maximum absolute atomic E-state index is 12.4. The third kappa shape index (κ3) is 3.74. The number of thioether (sulfide) groups is 1. The molecule has 1 fully saturated rings. The molecule has 120 valence electrons. The van der Waals surface area contributed by atoms with E-state index in [0.717, 1.165) is 5.56 Å². The van der Waals surface area contributed by atoms with Crippen molar-refractivity contribution in [3.8, 4) is 0 Å². The first kappa shape index (κ1) is 16.7. The first-order chi connectivity index (χ1) is 10.3. The van der Waals surface area contributed by atoms with Gasteiger partial charge < -0.3 is 9.84 Å². The summed E-state index contributed by atoms with van der Waals surface area (Å²) < 4.78 is 5.33. The van der Waals surface area contributed by atoms with Gasteiger partial charge in [-0.3, -0.25) is 4.90 Å². The fourth-order valence-electron chi connectivity index (χ4n) is 2.38. The molecule has 2 rings (SSSR count). The van der Waals surface area contributed by atoms with Crippen LogP contribution in [0.5, 0.6) is 0 Å². The molecular weight excluding hydrogens is 302 g/mol. The highest BCUT2D eigenvalue weighted by molar-refractivity contribution is 8.00. The van der Waals surface area contributed by atoms with Crippen LogP contribution in [0.4, 0.5) is 4.79 Å². The van der Waals surface area contributed by atoms with Gasteiger partial charge in [-0.25, -0.2) is 9.59 Å². The van der Waals surface area contributed by atoms with Gasteiger partial charge in [0.15, 0.2) is 0 Å². The topological polar surface area (TPSA) is 66.8 Å². The summed E-state index contributed by atoms with van der Waals surface area (Å²) in [6.07, 6.45) is -0.568. The summed E-state index contributed by atoms with van der Waals surface area (Å²) in [6, 6.07) is 8.51. The second-order valence-corrected chi connectivity index (χ2v) is 7.47. The number of amides is 1. The Bertz CT molecular complexity index is 541. The van der Waals surface area contributed by atoms with E-state index < -0.39 is 18.1 Å². The Morgan fingerprint density at radius 2 is 1.95 bits per heavy atom. The molecule has 22 heavy (non-hydrogen) atoms. The highest BCUT2D eigenvalue weighted by Crippen LogP contribution is 2.40. The Morgan fingerprint density at radius 3 is 2.50 bits per heavy atom. The van der Waals surface area contributed by atoms with Crippen LogP contribution in [0, 0.1) is 5.41 Å². The van der Waals surface area contributed by atoms with Gasteiger partial charge in [0.25, 0.3) is 0 Å². The van der Waals surface area contributed by atoms with Gasteiger partial charge >= 0.3 is 12.1 Å². The zero-order valence-electron chi connectivity index (χ0n) is 13.0. The molecule has 6 heteroatoms. The number of carbonyl (C=O) groups excluding carboxylic acids is 1. The first-order valence-corrected chi connectivity index (χ1v) is 8.19. The molecule has 1 heterocycles. The summed E-state index contributed by atoms with van der Waals surface area (Å²) in [4.78, 5) is 25.2. The maximum atomic E-state index is 12.4. The van der Waals surface area contributed by atoms with E-state index in [1.165, 1.54) is 16.7 Å². The van der Waals surface area contributed by atoms with E-state index >= 15 is 0 Å². The van der Waals surface area contributed by atoms with E-state index in [9.17, 15) is 14.7 Å². The fraction of sp³-hybridized carbons (Fsp3) is 0.500. The van der Waals surface area contributed by atoms with Crippen LogP contribution in [-0.4, -0.2) is 39.2 Å². The Labute approximate surface area is 134 Å². The summed E-state index contributed by atoms with van der Waals surface area (Å²) in [5, 5.41) is 9.13. The maximum Gasteiger partial charge on any atom is 0.411 e. The highest BCUT2D eigenvalue weighted by atomic mass is 32.2. The van der Waals surface area contributed by atoms with E-state index in [-0.39, 0.29) is 17.4 Å². The number of hydrogen-bond acceptors (Lipinski definition) is 4. The van der Waals surface area contributed by atoms with Crippen molar-refractivity contribution in [2.24, 2.45) is 5.41 Å². The van der Waals surface area contributed by atoms with E-state index in [0.29, 0.717) is 5.75 Å². The quantitative estimate of drug-likeness (QED) is 0.925. The zero-order chi connectivity index (χ0) is 16.3. The number of carbonyl (C=O) groups is 2. The zero-order valence-corrected chi connectivity index (χ0v) is 13.8. The average molecular weight is 323 g/mol. The number of carboxylic acid groups (broad SMARTS) is 1. The van der Waals surface area contributed by atoms with Crippen molar-refractivity contribution in [1.29, 1.82) is 0 Å². The van der Waals surface area contributed by atoms with Crippen molar-refractivity contribution in [2.75, 3.05) is 5.75 Å². The molecule has 1 aliphatic heterocycles. The second kappa shape index (κ2) is 6.60. The van der Waals surface area contributed by atoms with Gasteiger partial charge in [0, 0.05) is 5.75 Å². The summed E-state index contributed by atoms with van der Waals surface area (Å²) in [6.45, 7) is 6.12. The monoisotopic (exact) mass is 323 g/mol. The van der Waals surface area contributed by atoms with Gasteiger partial charge in [0.2, 0.25) is 0 Å². The smallest absolute Gasteiger partial charge is 0.411 e. The summed E-state index contributed by atoms with van der Waals surface area (Å²) in [5.41, 5.74) is 0.655. The lowest BCUT2D eigenvalue weighted by atomic mass is 9.95. The molecule has 5 nitrogen and oxygen atoms in total. The Hall–Kier alpha value is -1.69. The molecule has 0 aromatic heterocycles. The van der Waals surface area contributed by atoms with E-state index in [2.05, 4.69) is 0 Å². The molecule has 0 radical (unpaired) electrons. The molecule has 1 aromatic carbocycles. The van der Waals surface area contributed by atoms with E-state index in [1.807, 2.05) is 51.1 Å². The third-order valence-corrected chi connectivity index (χ3v) is 5.20.